The number of fused-ring (bicyclic) bond motifs is 2. The molecule has 0 amide bonds. The lowest BCUT2D eigenvalue weighted by Gasteiger charge is -2.19. The molecule has 0 heterocycles. The predicted molar refractivity (Wildman–Crippen MR) is 65.1 cm³/mol. The second-order valence-electron chi connectivity index (χ2n) is 3.97. The molecule has 2 aromatic carbocycles. The molecule has 0 saturated heterocycles. The summed E-state index contributed by atoms with van der Waals surface area (Å²) < 4.78 is 0.773. The van der Waals surface area contributed by atoms with Crippen LogP contribution in [0, 0.1) is 0 Å². The first kappa shape index (κ1) is 10.5. The molecule has 0 unspecified atom stereocenters. The minimum absolute atomic E-state index is 0.0687. The molecule has 17 heavy (non-hydrogen) atoms. The molecule has 1 aliphatic rings. The molecule has 0 aliphatic heterocycles. The topological polar surface area (TPSA) is 34.1 Å². The van der Waals surface area contributed by atoms with Crippen molar-refractivity contribution in [2.24, 2.45) is 0 Å². The molecule has 0 saturated carbocycles. The minimum Gasteiger partial charge on any atom is -0.289 e. The zero-order valence-electron chi connectivity index (χ0n) is 8.94. The standard InChI is InChI=1S/C14H7O2.Al/c15-13-9-5-1-2-6-10(9)14(16)12-8-4-3-7-11(12)13;/h1-7H;. The van der Waals surface area contributed by atoms with Crippen LogP contribution in [0.1, 0.15) is 31.8 Å². The quantitative estimate of drug-likeness (QED) is 0.549. The number of carbonyl (C=O) groups excluding carboxylic acids is 2. The van der Waals surface area contributed by atoms with Gasteiger partial charge in [-0.05, 0) is 0 Å². The average Bonchev–Trinajstić information content (AvgIpc) is 2.36. The molecule has 0 bridgehead atoms. The molecule has 3 rings (SSSR count). The molecular weight excluding hydrogens is 227 g/mol. The van der Waals surface area contributed by atoms with Crippen molar-refractivity contribution in [1.29, 1.82) is 0 Å². The van der Waals surface area contributed by atoms with Crippen LogP contribution in [0.25, 0.3) is 0 Å². The molecule has 0 spiro atoms. The van der Waals surface area contributed by atoms with Crippen LogP contribution in [0.4, 0.5) is 0 Å². The van der Waals surface area contributed by atoms with E-state index in [1.165, 1.54) is 0 Å². The van der Waals surface area contributed by atoms with Crippen LogP contribution in [0.15, 0.2) is 42.5 Å². The zero-order chi connectivity index (χ0) is 12.0. The van der Waals surface area contributed by atoms with Crippen molar-refractivity contribution in [3.8, 4) is 0 Å². The van der Waals surface area contributed by atoms with Gasteiger partial charge in [0.05, 0.1) is 0 Å². The first-order valence-electron chi connectivity index (χ1n) is 5.27. The summed E-state index contributed by atoms with van der Waals surface area (Å²) >= 11 is 2.51. The Labute approximate surface area is 107 Å². The van der Waals surface area contributed by atoms with Gasteiger partial charge in [-0.15, -0.1) is 4.43 Å². The molecule has 0 fully saturated rings. The lowest BCUT2D eigenvalue weighted by Crippen LogP contribution is -2.27. The Morgan fingerprint density at radius 3 is 2.00 bits per heavy atom. The van der Waals surface area contributed by atoms with Crippen molar-refractivity contribution < 1.29 is 9.59 Å². The van der Waals surface area contributed by atoms with E-state index in [-0.39, 0.29) is 11.6 Å². The molecule has 2 radical (unpaired) electrons. The number of carbonyl (C=O) groups is 2. The molecule has 78 valence electrons. The Hall–Kier alpha value is -1.69. The first-order valence-corrected chi connectivity index (χ1v) is 5.85. The fourth-order valence-electron chi connectivity index (χ4n) is 2.17. The minimum atomic E-state index is -0.0699. The van der Waals surface area contributed by atoms with Gasteiger partial charge in [0.1, 0.15) is 0 Å². The van der Waals surface area contributed by atoms with Gasteiger partial charge in [-0.3, -0.25) is 9.59 Å². The third-order valence-corrected chi connectivity index (χ3v) is 3.47. The van der Waals surface area contributed by atoms with Crippen molar-refractivity contribution in [2.45, 2.75) is 0 Å². The Morgan fingerprint density at radius 1 is 0.706 bits per heavy atom. The lowest BCUT2D eigenvalue weighted by atomic mass is 9.84. The van der Waals surface area contributed by atoms with Crippen molar-refractivity contribution in [3.63, 3.8) is 0 Å². The van der Waals surface area contributed by atoms with Gasteiger partial charge in [0, 0.05) is 22.3 Å². The Kier molecular flexibility index (Phi) is 2.26. The van der Waals surface area contributed by atoms with Crippen molar-refractivity contribution in [2.75, 3.05) is 0 Å². The highest BCUT2D eigenvalue weighted by atomic mass is 27.0. The van der Waals surface area contributed by atoms with Gasteiger partial charge in [0.2, 0.25) is 0 Å². The third kappa shape index (κ3) is 1.40. The first-order chi connectivity index (χ1) is 8.20. The van der Waals surface area contributed by atoms with E-state index in [1.54, 1.807) is 36.4 Å². The van der Waals surface area contributed by atoms with E-state index < -0.39 is 0 Å². The fourth-order valence-corrected chi connectivity index (χ4v) is 2.57. The number of benzene rings is 2. The summed E-state index contributed by atoms with van der Waals surface area (Å²) in [7, 11) is 0. The third-order valence-electron chi connectivity index (χ3n) is 2.98. The Balaban J connectivity index is 2.37. The van der Waals surface area contributed by atoms with Crippen molar-refractivity contribution in [1.82, 2.24) is 0 Å². The molecule has 0 N–H and O–H groups in total. The normalized spacial score (nSPS) is 13.2. The highest BCUT2D eigenvalue weighted by Gasteiger charge is 2.29. The summed E-state index contributed by atoms with van der Waals surface area (Å²) in [5, 5.41) is 0. The summed E-state index contributed by atoms with van der Waals surface area (Å²) in [5.41, 5.74) is 2.02. The van der Waals surface area contributed by atoms with Gasteiger partial charge in [0.25, 0.3) is 0 Å². The Bertz CT molecular complexity index is 659. The summed E-state index contributed by atoms with van der Waals surface area (Å²) in [5.74, 6) is -0.139. The predicted octanol–water partition coefficient (Wildman–Crippen LogP) is 1.26. The number of rotatable bonds is 0. The van der Waals surface area contributed by atoms with E-state index in [0.29, 0.717) is 22.3 Å². The summed E-state index contributed by atoms with van der Waals surface area (Å²) in [6, 6.07) is 12.3. The summed E-state index contributed by atoms with van der Waals surface area (Å²) in [6.07, 6.45) is 0. The van der Waals surface area contributed by atoms with E-state index in [2.05, 4.69) is 16.3 Å². The van der Waals surface area contributed by atoms with Gasteiger partial charge in [-0.2, -0.15) is 0 Å². The smallest absolute Gasteiger partial charge is 0.194 e. The van der Waals surface area contributed by atoms with Crippen LogP contribution in [0.2, 0.25) is 0 Å². The second-order valence-corrected chi connectivity index (χ2v) is 4.60. The molecule has 0 aromatic heterocycles. The SMILES string of the molecule is O=C1c2ccccc2C(=O)c2[c]([Al])cccc21. The maximum Gasteiger partial charge on any atom is 0.194 e. The van der Waals surface area contributed by atoms with Gasteiger partial charge >= 0.3 is 0 Å². The molecule has 2 aromatic rings. The Morgan fingerprint density at radius 2 is 1.29 bits per heavy atom. The molecule has 3 heteroatoms. The van der Waals surface area contributed by atoms with Gasteiger partial charge < -0.3 is 0 Å². The fraction of sp³-hybridized carbons (Fsp3) is 0. The molecule has 0 atom stereocenters. The van der Waals surface area contributed by atoms with Crippen LogP contribution in [0.3, 0.4) is 0 Å². The van der Waals surface area contributed by atoms with Gasteiger partial charge in [0.15, 0.2) is 27.9 Å². The molecular formula is C14H7AlO2. The molecule has 1 aliphatic carbocycles. The second kappa shape index (κ2) is 3.66. The average molecular weight is 234 g/mol. The van der Waals surface area contributed by atoms with E-state index in [0.717, 1.165) is 4.43 Å². The monoisotopic (exact) mass is 234 g/mol. The van der Waals surface area contributed by atoms with E-state index in [1.807, 2.05) is 6.07 Å². The van der Waals surface area contributed by atoms with E-state index in [4.69, 9.17) is 0 Å². The highest BCUT2D eigenvalue weighted by molar-refractivity contribution is 6.41. The lowest BCUT2D eigenvalue weighted by molar-refractivity contribution is 0.0980. The highest BCUT2D eigenvalue weighted by Crippen LogP contribution is 2.25. The van der Waals surface area contributed by atoms with E-state index >= 15 is 0 Å². The zero-order valence-corrected chi connectivity index (χ0v) is 10.1. The van der Waals surface area contributed by atoms with Crippen molar-refractivity contribution >= 4 is 32.3 Å². The van der Waals surface area contributed by atoms with Crippen LogP contribution < -0.4 is 4.43 Å². The van der Waals surface area contributed by atoms with Crippen molar-refractivity contribution in [3.05, 3.63) is 64.7 Å². The van der Waals surface area contributed by atoms with Crippen LogP contribution in [0.5, 0.6) is 0 Å². The molecule has 2 nitrogen and oxygen atoms in total. The van der Waals surface area contributed by atoms with Crippen LogP contribution in [-0.4, -0.2) is 27.9 Å². The van der Waals surface area contributed by atoms with Crippen LogP contribution in [-0.2, 0) is 0 Å². The maximum atomic E-state index is 12.3. The van der Waals surface area contributed by atoms with Crippen LogP contribution >= 0.6 is 0 Å². The number of ketones is 2. The largest absolute Gasteiger partial charge is 0.289 e. The number of hydrogen-bond acceptors (Lipinski definition) is 2. The van der Waals surface area contributed by atoms with Gasteiger partial charge in [-0.25, -0.2) is 0 Å². The summed E-state index contributed by atoms with van der Waals surface area (Å²) in [4.78, 5) is 24.6. The van der Waals surface area contributed by atoms with Gasteiger partial charge in [-0.1, -0.05) is 42.5 Å². The van der Waals surface area contributed by atoms with E-state index in [9.17, 15) is 9.59 Å². The maximum absolute atomic E-state index is 12.3. The number of hydrogen-bond donors (Lipinski definition) is 0. The summed E-state index contributed by atoms with van der Waals surface area (Å²) in [6.45, 7) is 0.